The van der Waals surface area contributed by atoms with E-state index in [-0.39, 0.29) is 39.6 Å². The fourth-order valence-electron chi connectivity index (χ4n) is 4.94. The molecule has 0 radical (unpaired) electrons. The summed E-state index contributed by atoms with van der Waals surface area (Å²) in [5.74, 6) is 0.450. The topological polar surface area (TPSA) is 90.2 Å². The summed E-state index contributed by atoms with van der Waals surface area (Å²) in [4.78, 5) is 13.5. The van der Waals surface area contributed by atoms with E-state index in [1.807, 2.05) is 0 Å². The number of esters is 1. The number of benzene rings is 2. The maximum absolute atomic E-state index is 13.5. The van der Waals surface area contributed by atoms with Gasteiger partial charge in [0.1, 0.15) is 16.1 Å². The van der Waals surface area contributed by atoms with Crippen LogP contribution in [0.25, 0.3) is 0 Å². The van der Waals surface area contributed by atoms with Crippen molar-refractivity contribution >= 4 is 29.2 Å². The van der Waals surface area contributed by atoms with E-state index in [1.165, 1.54) is 18.2 Å². The highest BCUT2D eigenvalue weighted by Gasteiger charge is 2.27. The number of rotatable bonds is 13. The van der Waals surface area contributed by atoms with E-state index in [4.69, 9.17) is 42.1 Å². The van der Waals surface area contributed by atoms with Crippen LogP contribution in [0.5, 0.6) is 23.0 Å². The second-order valence-corrected chi connectivity index (χ2v) is 11.4. The molecule has 2 aliphatic rings. The lowest BCUT2D eigenvalue weighted by Crippen LogP contribution is -2.25. The molecule has 2 aliphatic carbocycles. The fourth-order valence-corrected chi connectivity index (χ4v) is 5.54. The van der Waals surface area contributed by atoms with Crippen LogP contribution in [0, 0.1) is 11.1 Å². The van der Waals surface area contributed by atoms with Crippen LogP contribution in [-0.2, 0) is 11.2 Å². The molecule has 3 aromatic rings. The number of carbonyl (C=O) groups excluding carboxylic acids is 1. The predicted molar refractivity (Wildman–Crippen MR) is 154 cm³/mol. The Bertz CT molecular complexity index is 1420. The van der Waals surface area contributed by atoms with Gasteiger partial charge in [0.05, 0.1) is 25.4 Å². The molecule has 1 aromatic heterocycles. The van der Waals surface area contributed by atoms with Crippen LogP contribution in [0.15, 0.2) is 48.8 Å². The molecule has 2 fully saturated rings. The second-order valence-electron chi connectivity index (χ2n) is 10.6. The minimum absolute atomic E-state index is 0.0176. The van der Waals surface area contributed by atoms with Crippen molar-refractivity contribution in [3.63, 3.8) is 0 Å². The summed E-state index contributed by atoms with van der Waals surface area (Å²) in [6.45, 7) is -2.74. The number of halogens is 4. The van der Waals surface area contributed by atoms with Gasteiger partial charge in [-0.1, -0.05) is 29.3 Å². The van der Waals surface area contributed by atoms with Crippen molar-refractivity contribution in [2.45, 2.75) is 63.8 Å². The summed E-state index contributed by atoms with van der Waals surface area (Å²) in [5, 5.41) is 12.1. The van der Waals surface area contributed by atoms with Crippen molar-refractivity contribution in [2.75, 3.05) is 13.7 Å². The number of hydrogen-bond donors (Lipinski definition) is 0. The number of alkyl halides is 2. The Morgan fingerprint density at radius 2 is 1.67 bits per heavy atom. The molecular formula is C31H31Cl2F2NO7. The second kappa shape index (κ2) is 13.9. The molecule has 0 bridgehead atoms. The van der Waals surface area contributed by atoms with Crippen molar-refractivity contribution in [3.05, 3.63) is 80.7 Å². The predicted octanol–water partition coefficient (Wildman–Crippen LogP) is 7.49. The van der Waals surface area contributed by atoms with Gasteiger partial charge in [0.25, 0.3) is 0 Å². The summed E-state index contributed by atoms with van der Waals surface area (Å²) in [6.07, 6.45) is 7.42. The molecule has 230 valence electrons. The lowest BCUT2D eigenvalue weighted by atomic mass is 10.0. The Morgan fingerprint density at radius 3 is 2.33 bits per heavy atom. The van der Waals surface area contributed by atoms with Crippen molar-refractivity contribution < 1.29 is 42.0 Å². The van der Waals surface area contributed by atoms with Gasteiger partial charge in [-0.15, -0.1) is 0 Å². The minimum atomic E-state index is -3.06. The van der Waals surface area contributed by atoms with Crippen LogP contribution >= 0.6 is 23.2 Å². The van der Waals surface area contributed by atoms with E-state index in [1.54, 1.807) is 25.3 Å². The average molecular weight is 638 g/mol. The number of pyridine rings is 1. The van der Waals surface area contributed by atoms with Crippen LogP contribution in [0.1, 0.15) is 66.1 Å². The normalized spacial score (nSPS) is 15.8. The minimum Gasteiger partial charge on any atom is -0.619 e. The van der Waals surface area contributed by atoms with Gasteiger partial charge in [-0.25, -0.2) is 4.79 Å². The van der Waals surface area contributed by atoms with Crippen LogP contribution in [-0.4, -0.2) is 32.4 Å². The van der Waals surface area contributed by atoms with Gasteiger partial charge >= 0.3 is 12.6 Å². The van der Waals surface area contributed by atoms with Gasteiger partial charge in [0.2, 0.25) is 0 Å². The van der Waals surface area contributed by atoms with E-state index in [0.717, 1.165) is 50.9 Å². The van der Waals surface area contributed by atoms with Crippen molar-refractivity contribution in [1.29, 1.82) is 0 Å². The number of nitrogens with zero attached hydrogens (tertiary/aromatic N) is 1. The Kier molecular flexibility index (Phi) is 9.97. The average Bonchev–Trinajstić information content (AvgIpc) is 3.66. The van der Waals surface area contributed by atoms with Gasteiger partial charge in [0.15, 0.2) is 35.4 Å². The SMILES string of the molecule is COc1ccc(C(Cc2c(Cl)c[n+]([O-])cc2Cl)OC(=O)c2ccc(OC(F)F)c(OCC3CC3)c2)cc1OC1CCCC1. The number of aromatic nitrogens is 1. The van der Waals surface area contributed by atoms with Crippen molar-refractivity contribution in [1.82, 2.24) is 0 Å². The molecule has 0 saturated heterocycles. The van der Waals surface area contributed by atoms with Gasteiger partial charge in [0, 0.05) is 12.0 Å². The molecule has 12 heteroatoms. The first-order valence-corrected chi connectivity index (χ1v) is 14.8. The maximum Gasteiger partial charge on any atom is 0.387 e. The standard InChI is InChI=1S/C31H31Cl2F2NO7/c1-39-25-10-8-19(12-29(25)41-21-4-2-3-5-21)27(14-22-23(32)15-36(38)16-24(22)33)42-30(37)20-9-11-26(43-31(34)35)28(13-20)40-17-18-6-7-18/h8-13,15-16,18,21,27,31H,2-7,14,17H2,1H3. The Morgan fingerprint density at radius 1 is 0.977 bits per heavy atom. The highest BCUT2D eigenvalue weighted by atomic mass is 35.5. The molecule has 0 N–H and O–H groups in total. The first-order valence-electron chi connectivity index (χ1n) is 14.0. The summed E-state index contributed by atoms with van der Waals surface area (Å²) in [7, 11) is 1.54. The third-order valence-electron chi connectivity index (χ3n) is 7.42. The smallest absolute Gasteiger partial charge is 0.387 e. The molecule has 0 aliphatic heterocycles. The summed E-state index contributed by atoms with van der Waals surface area (Å²) < 4.78 is 54.6. The number of carbonyl (C=O) groups is 1. The van der Waals surface area contributed by atoms with Crippen LogP contribution in [0.3, 0.4) is 0 Å². The lowest BCUT2D eigenvalue weighted by Gasteiger charge is -2.22. The molecule has 43 heavy (non-hydrogen) atoms. The van der Waals surface area contributed by atoms with Gasteiger partial charge < -0.3 is 28.9 Å². The quantitative estimate of drug-likeness (QED) is 0.109. The first kappa shape index (κ1) is 30.9. The third-order valence-corrected chi connectivity index (χ3v) is 8.07. The van der Waals surface area contributed by atoms with Gasteiger partial charge in [-0.3, -0.25) is 0 Å². The van der Waals surface area contributed by atoms with Crippen molar-refractivity contribution in [3.8, 4) is 23.0 Å². The fraction of sp³-hybridized carbons (Fsp3) is 0.419. The molecule has 1 atom stereocenters. The molecule has 8 nitrogen and oxygen atoms in total. The molecule has 1 heterocycles. The third kappa shape index (κ3) is 8.12. The Hall–Kier alpha value is -3.50. The van der Waals surface area contributed by atoms with E-state index < -0.39 is 18.7 Å². The molecule has 1 unspecified atom stereocenters. The molecule has 5 rings (SSSR count). The zero-order chi connectivity index (χ0) is 30.5. The zero-order valence-electron chi connectivity index (χ0n) is 23.4. The van der Waals surface area contributed by atoms with E-state index in [0.29, 0.717) is 39.9 Å². The van der Waals surface area contributed by atoms with Gasteiger partial charge in [-0.05, 0) is 80.3 Å². The van der Waals surface area contributed by atoms with E-state index >= 15 is 0 Å². The highest BCUT2D eigenvalue weighted by Crippen LogP contribution is 2.38. The van der Waals surface area contributed by atoms with E-state index in [9.17, 15) is 18.8 Å². The van der Waals surface area contributed by atoms with E-state index in [2.05, 4.69) is 4.74 Å². The largest absolute Gasteiger partial charge is 0.619 e. The number of ether oxygens (including phenoxy) is 5. The van der Waals surface area contributed by atoms with Crippen molar-refractivity contribution in [2.24, 2.45) is 5.92 Å². The molecule has 0 amide bonds. The monoisotopic (exact) mass is 637 g/mol. The number of methoxy groups -OCH3 is 1. The van der Waals surface area contributed by atoms with Gasteiger partial charge in [-0.2, -0.15) is 13.5 Å². The Balaban J connectivity index is 1.46. The summed E-state index contributed by atoms with van der Waals surface area (Å²) >= 11 is 12.8. The lowest BCUT2D eigenvalue weighted by molar-refractivity contribution is -0.605. The molecule has 2 saturated carbocycles. The molecule has 0 spiro atoms. The highest BCUT2D eigenvalue weighted by molar-refractivity contribution is 6.35. The summed E-state index contributed by atoms with van der Waals surface area (Å²) in [6, 6.07) is 9.11. The molecule has 2 aromatic carbocycles. The zero-order valence-corrected chi connectivity index (χ0v) is 24.9. The summed E-state index contributed by atoms with van der Waals surface area (Å²) in [5.41, 5.74) is 1.03. The first-order chi connectivity index (χ1) is 20.7. The van der Waals surface area contributed by atoms with Crippen LogP contribution in [0.2, 0.25) is 10.0 Å². The molecular weight excluding hydrogens is 607 g/mol. The van der Waals surface area contributed by atoms with Crippen LogP contribution in [0.4, 0.5) is 8.78 Å². The van der Waals surface area contributed by atoms with Crippen LogP contribution < -0.4 is 23.7 Å². The number of hydrogen-bond acceptors (Lipinski definition) is 7. The maximum atomic E-state index is 13.5. The Labute approximate surface area is 257 Å².